The number of benzene rings is 1. The molecule has 1 aromatic heterocycles. The van der Waals surface area contributed by atoms with E-state index in [-0.39, 0.29) is 22.9 Å². The highest BCUT2D eigenvalue weighted by molar-refractivity contribution is 7.09. The van der Waals surface area contributed by atoms with Gasteiger partial charge in [-0.1, -0.05) is 17.7 Å². The van der Waals surface area contributed by atoms with E-state index < -0.39 is 10.9 Å². The average molecular weight is 298 g/mol. The van der Waals surface area contributed by atoms with Crippen LogP contribution in [0.3, 0.4) is 0 Å². The Morgan fingerprint density at radius 1 is 1.42 bits per heavy atom. The van der Waals surface area contributed by atoms with Gasteiger partial charge in [0.1, 0.15) is 6.61 Å². The zero-order valence-corrected chi connectivity index (χ0v) is 11.1. The highest BCUT2D eigenvalue weighted by Gasteiger charge is 2.16. The Bertz CT molecular complexity index is 612. The summed E-state index contributed by atoms with van der Waals surface area (Å²) in [4.78, 5) is 22.6. The van der Waals surface area contributed by atoms with E-state index in [1.165, 1.54) is 23.5 Å². The van der Waals surface area contributed by atoms with Crippen LogP contribution < -0.4 is 0 Å². The number of nitro benzene ring substituents is 1. The second-order valence-electron chi connectivity index (χ2n) is 3.58. The minimum absolute atomic E-state index is 0.00498. The first-order valence-electron chi connectivity index (χ1n) is 5.21. The topological polar surface area (TPSA) is 69.4 Å². The number of thiophene rings is 1. The summed E-state index contributed by atoms with van der Waals surface area (Å²) in [7, 11) is 0. The fourth-order valence-corrected chi connectivity index (χ4v) is 2.26. The van der Waals surface area contributed by atoms with Gasteiger partial charge in [0.2, 0.25) is 0 Å². The Morgan fingerprint density at radius 2 is 2.21 bits per heavy atom. The molecular formula is C12H8ClNO4S. The number of non-ortho nitro benzene ring substituents is 1. The summed E-state index contributed by atoms with van der Waals surface area (Å²) in [6.07, 6.45) is 0. The molecule has 0 radical (unpaired) electrons. The third-order valence-corrected chi connectivity index (χ3v) is 3.47. The van der Waals surface area contributed by atoms with Crippen LogP contribution in [0.15, 0.2) is 35.7 Å². The van der Waals surface area contributed by atoms with Crippen LogP contribution >= 0.6 is 22.9 Å². The van der Waals surface area contributed by atoms with Gasteiger partial charge < -0.3 is 4.74 Å². The lowest BCUT2D eigenvalue weighted by atomic mass is 10.2. The standard InChI is InChI=1S/C12H8ClNO4S/c13-11-6-8(14(16)17)3-4-10(11)12(15)18-7-9-2-1-5-19-9/h1-6H,7H2. The summed E-state index contributed by atoms with van der Waals surface area (Å²) in [6, 6.07) is 7.33. The van der Waals surface area contributed by atoms with Crippen molar-refractivity contribution in [1.82, 2.24) is 0 Å². The number of hydrogen-bond donors (Lipinski definition) is 0. The van der Waals surface area contributed by atoms with Gasteiger partial charge >= 0.3 is 5.97 Å². The molecule has 2 aromatic rings. The molecule has 0 atom stereocenters. The molecular weight excluding hydrogens is 290 g/mol. The van der Waals surface area contributed by atoms with Crippen LogP contribution in [-0.2, 0) is 11.3 Å². The number of carbonyl (C=O) groups is 1. The predicted octanol–water partition coefficient (Wildman–Crippen LogP) is 3.67. The molecule has 1 heterocycles. The van der Waals surface area contributed by atoms with Crippen LogP contribution in [-0.4, -0.2) is 10.9 Å². The molecule has 7 heteroatoms. The van der Waals surface area contributed by atoms with Crippen molar-refractivity contribution in [2.45, 2.75) is 6.61 Å². The van der Waals surface area contributed by atoms with E-state index in [0.29, 0.717) is 0 Å². The van der Waals surface area contributed by atoms with Crippen LogP contribution in [0.1, 0.15) is 15.2 Å². The van der Waals surface area contributed by atoms with Gasteiger partial charge in [-0.2, -0.15) is 0 Å². The number of esters is 1. The number of hydrogen-bond acceptors (Lipinski definition) is 5. The molecule has 0 N–H and O–H groups in total. The summed E-state index contributed by atoms with van der Waals surface area (Å²) in [6.45, 7) is 0.157. The van der Waals surface area contributed by atoms with Gasteiger partial charge in [-0.3, -0.25) is 10.1 Å². The number of ether oxygens (including phenoxy) is 1. The van der Waals surface area contributed by atoms with Gasteiger partial charge in [0.25, 0.3) is 5.69 Å². The molecule has 0 aliphatic carbocycles. The van der Waals surface area contributed by atoms with Crippen molar-refractivity contribution >= 4 is 34.6 Å². The van der Waals surface area contributed by atoms with E-state index in [1.54, 1.807) is 0 Å². The summed E-state index contributed by atoms with van der Waals surface area (Å²) in [5.41, 5.74) is -0.0522. The third kappa shape index (κ3) is 3.30. The molecule has 5 nitrogen and oxygen atoms in total. The molecule has 2 rings (SSSR count). The fraction of sp³-hybridized carbons (Fsp3) is 0.0833. The van der Waals surface area contributed by atoms with E-state index in [1.807, 2.05) is 17.5 Å². The van der Waals surface area contributed by atoms with E-state index in [0.717, 1.165) is 10.9 Å². The molecule has 0 unspecified atom stereocenters. The second-order valence-corrected chi connectivity index (χ2v) is 5.02. The molecule has 0 aliphatic heterocycles. The number of nitrogens with zero attached hydrogens (tertiary/aromatic N) is 1. The fourth-order valence-electron chi connectivity index (χ4n) is 1.39. The van der Waals surface area contributed by atoms with Crippen molar-refractivity contribution < 1.29 is 14.5 Å². The first-order valence-corrected chi connectivity index (χ1v) is 6.47. The molecule has 98 valence electrons. The van der Waals surface area contributed by atoms with Crippen molar-refractivity contribution in [3.8, 4) is 0 Å². The molecule has 0 spiro atoms. The van der Waals surface area contributed by atoms with Gasteiger partial charge in [0.05, 0.1) is 15.5 Å². The van der Waals surface area contributed by atoms with E-state index in [2.05, 4.69) is 0 Å². The minimum atomic E-state index is -0.603. The van der Waals surface area contributed by atoms with Crippen molar-refractivity contribution in [3.63, 3.8) is 0 Å². The lowest BCUT2D eigenvalue weighted by Crippen LogP contribution is -2.05. The maximum absolute atomic E-state index is 11.8. The largest absolute Gasteiger partial charge is 0.456 e. The second kappa shape index (κ2) is 5.81. The van der Waals surface area contributed by atoms with E-state index in [9.17, 15) is 14.9 Å². The molecule has 0 amide bonds. The number of halogens is 1. The Kier molecular flexibility index (Phi) is 4.13. The van der Waals surface area contributed by atoms with Gasteiger partial charge in [0.15, 0.2) is 0 Å². The Balaban J connectivity index is 2.09. The molecule has 0 fully saturated rings. The minimum Gasteiger partial charge on any atom is -0.456 e. The number of nitro groups is 1. The lowest BCUT2D eigenvalue weighted by Gasteiger charge is -2.04. The maximum Gasteiger partial charge on any atom is 0.340 e. The Hall–Kier alpha value is -1.92. The van der Waals surface area contributed by atoms with E-state index >= 15 is 0 Å². The number of carbonyl (C=O) groups excluding carboxylic acids is 1. The van der Waals surface area contributed by atoms with Crippen molar-refractivity contribution in [1.29, 1.82) is 0 Å². The Labute approximate surface area is 117 Å². The third-order valence-electron chi connectivity index (χ3n) is 2.31. The molecule has 1 aromatic carbocycles. The van der Waals surface area contributed by atoms with Crippen molar-refractivity contribution in [2.24, 2.45) is 0 Å². The van der Waals surface area contributed by atoms with Crippen LogP contribution in [0, 0.1) is 10.1 Å². The summed E-state index contributed by atoms with van der Waals surface area (Å²) < 4.78 is 5.07. The zero-order chi connectivity index (χ0) is 13.8. The number of rotatable bonds is 4. The van der Waals surface area contributed by atoms with Crippen LogP contribution in [0.5, 0.6) is 0 Å². The van der Waals surface area contributed by atoms with Gasteiger partial charge in [-0.05, 0) is 17.5 Å². The molecule has 0 saturated heterocycles. The average Bonchev–Trinajstić information content (AvgIpc) is 2.88. The van der Waals surface area contributed by atoms with Crippen molar-refractivity contribution in [2.75, 3.05) is 0 Å². The van der Waals surface area contributed by atoms with Gasteiger partial charge in [-0.15, -0.1) is 11.3 Å². The highest BCUT2D eigenvalue weighted by atomic mass is 35.5. The lowest BCUT2D eigenvalue weighted by molar-refractivity contribution is -0.384. The van der Waals surface area contributed by atoms with Crippen LogP contribution in [0.4, 0.5) is 5.69 Å². The quantitative estimate of drug-likeness (QED) is 0.490. The smallest absolute Gasteiger partial charge is 0.340 e. The van der Waals surface area contributed by atoms with E-state index in [4.69, 9.17) is 16.3 Å². The first kappa shape index (κ1) is 13.5. The molecule has 0 bridgehead atoms. The zero-order valence-electron chi connectivity index (χ0n) is 9.54. The van der Waals surface area contributed by atoms with Gasteiger partial charge in [0, 0.05) is 17.0 Å². The van der Waals surface area contributed by atoms with Crippen molar-refractivity contribution in [3.05, 3.63) is 61.3 Å². The monoisotopic (exact) mass is 297 g/mol. The highest BCUT2D eigenvalue weighted by Crippen LogP contribution is 2.23. The molecule has 0 aliphatic rings. The summed E-state index contributed by atoms with van der Waals surface area (Å²) >= 11 is 7.30. The molecule has 19 heavy (non-hydrogen) atoms. The maximum atomic E-state index is 11.8. The van der Waals surface area contributed by atoms with Crippen LogP contribution in [0.2, 0.25) is 5.02 Å². The van der Waals surface area contributed by atoms with Crippen LogP contribution in [0.25, 0.3) is 0 Å². The summed E-state index contributed by atoms with van der Waals surface area (Å²) in [5, 5.41) is 12.4. The predicted molar refractivity (Wildman–Crippen MR) is 71.5 cm³/mol. The SMILES string of the molecule is O=C(OCc1cccs1)c1ccc([N+](=O)[O-])cc1Cl. The molecule has 0 saturated carbocycles. The first-order chi connectivity index (χ1) is 9.08. The Morgan fingerprint density at radius 3 is 2.79 bits per heavy atom. The normalized spacial score (nSPS) is 10.2. The summed E-state index contributed by atoms with van der Waals surface area (Å²) in [5.74, 6) is -0.603. The van der Waals surface area contributed by atoms with Gasteiger partial charge in [-0.25, -0.2) is 4.79 Å².